The Morgan fingerprint density at radius 1 is 1.17 bits per heavy atom. The summed E-state index contributed by atoms with van der Waals surface area (Å²) in [5, 5.41) is 8.60. The number of nitriles is 1. The highest BCUT2D eigenvalue weighted by atomic mass is 32.2. The normalized spacial score (nSPS) is 14.6. The van der Waals surface area contributed by atoms with Crippen molar-refractivity contribution in [1.29, 1.82) is 5.26 Å². The van der Waals surface area contributed by atoms with E-state index in [9.17, 15) is 13.2 Å². The second-order valence-electron chi connectivity index (χ2n) is 7.56. The number of carbonyl (C=O) groups is 1. The Kier molecular flexibility index (Phi) is 6.78. The van der Waals surface area contributed by atoms with Crippen LogP contribution in [0.2, 0.25) is 0 Å². The van der Waals surface area contributed by atoms with Crippen LogP contribution in [-0.2, 0) is 9.84 Å². The van der Waals surface area contributed by atoms with E-state index in [0.29, 0.717) is 17.9 Å². The first-order valence-corrected chi connectivity index (χ1v) is 11.7. The van der Waals surface area contributed by atoms with Crippen LogP contribution in [0.3, 0.4) is 0 Å². The van der Waals surface area contributed by atoms with E-state index in [1.165, 1.54) is 12.1 Å². The summed E-state index contributed by atoms with van der Waals surface area (Å²) in [4.78, 5) is 15.3. The number of hydrogen-bond acceptors (Lipinski definition) is 5. The van der Waals surface area contributed by atoms with Gasteiger partial charge in [-0.2, -0.15) is 5.26 Å². The van der Waals surface area contributed by atoms with Gasteiger partial charge < -0.3 is 9.64 Å². The molecule has 6 nitrogen and oxygen atoms in total. The lowest BCUT2D eigenvalue weighted by molar-refractivity contribution is 0.0975. The summed E-state index contributed by atoms with van der Waals surface area (Å²) in [5.41, 5.74) is 1.22. The van der Waals surface area contributed by atoms with E-state index in [-0.39, 0.29) is 29.0 Å². The van der Waals surface area contributed by atoms with Crippen LogP contribution in [0.5, 0.6) is 5.75 Å². The molecule has 1 saturated carbocycles. The van der Waals surface area contributed by atoms with E-state index < -0.39 is 9.84 Å². The Labute approximate surface area is 178 Å². The van der Waals surface area contributed by atoms with Gasteiger partial charge in [-0.05, 0) is 80.6 Å². The zero-order valence-electron chi connectivity index (χ0n) is 17.2. The van der Waals surface area contributed by atoms with Gasteiger partial charge in [-0.1, -0.05) is 0 Å². The van der Waals surface area contributed by atoms with Gasteiger partial charge in [0, 0.05) is 23.7 Å². The van der Waals surface area contributed by atoms with Crippen molar-refractivity contribution in [2.75, 3.05) is 17.8 Å². The van der Waals surface area contributed by atoms with Crippen molar-refractivity contribution in [2.45, 2.75) is 43.5 Å². The molecule has 0 spiro atoms. The van der Waals surface area contributed by atoms with Gasteiger partial charge in [0.15, 0.2) is 9.84 Å². The summed E-state index contributed by atoms with van der Waals surface area (Å²) in [7, 11) is -1.87. The molecule has 0 aliphatic heterocycles. The second kappa shape index (κ2) is 9.31. The van der Waals surface area contributed by atoms with Crippen molar-refractivity contribution in [3.05, 3.63) is 54.1 Å². The van der Waals surface area contributed by atoms with E-state index in [4.69, 9.17) is 10.00 Å². The fraction of sp³-hybridized carbons (Fsp3) is 0.391. The summed E-state index contributed by atoms with van der Waals surface area (Å²) in [6.45, 7) is 2.05. The van der Waals surface area contributed by atoms with Crippen LogP contribution in [-0.4, -0.2) is 33.2 Å². The number of methoxy groups -OCH3 is 1. The van der Waals surface area contributed by atoms with E-state index in [1.54, 1.807) is 24.1 Å². The average Bonchev–Trinajstić information content (AvgIpc) is 3.60. The molecule has 1 atom stereocenters. The van der Waals surface area contributed by atoms with Gasteiger partial charge in [0.25, 0.3) is 5.91 Å². The Hall–Kier alpha value is -2.85. The first kappa shape index (κ1) is 21.8. The number of unbranched alkanes of at least 4 members (excludes halogenated alkanes) is 1. The predicted molar refractivity (Wildman–Crippen MR) is 115 cm³/mol. The van der Waals surface area contributed by atoms with Crippen molar-refractivity contribution in [3.63, 3.8) is 0 Å². The maximum Gasteiger partial charge on any atom is 0.258 e. The molecular formula is C23H26N2O4S. The molecule has 2 aromatic carbocycles. The number of hydrogen-bond donors (Lipinski definition) is 0. The van der Waals surface area contributed by atoms with Crippen molar-refractivity contribution in [2.24, 2.45) is 5.92 Å². The highest BCUT2D eigenvalue weighted by Gasteiger charge is 2.35. The fourth-order valence-corrected chi connectivity index (χ4v) is 4.78. The van der Waals surface area contributed by atoms with Gasteiger partial charge in [-0.3, -0.25) is 4.79 Å². The van der Waals surface area contributed by atoms with E-state index >= 15 is 0 Å². The number of anilines is 1. The summed E-state index contributed by atoms with van der Waals surface area (Å²) in [6, 6.07) is 15.5. The highest BCUT2D eigenvalue weighted by Crippen LogP contribution is 2.38. The lowest BCUT2D eigenvalue weighted by Gasteiger charge is -2.30. The van der Waals surface area contributed by atoms with Crippen molar-refractivity contribution in [1.82, 2.24) is 0 Å². The van der Waals surface area contributed by atoms with Crippen LogP contribution >= 0.6 is 0 Å². The second-order valence-corrected chi connectivity index (χ2v) is 9.67. The van der Waals surface area contributed by atoms with E-state index in [1.807, 2.05) is 37.3 Å². The van der Waals surface area contributed by atoms with Gasteiger partial charge in [0.2, 0.25) is 0 Å². The molecule has 1 unspecified atom stereocenters. The Balaban J connectivity index is 1.84. The molecule has 7 heteroatoms. The lowest BCUT2D eigenvalue weighted by atomic mass is 10.1. The monoisotopic (exact) mass is 426 g/mol. The van der Waals surface area contributed by atoms with Crippen molar-refractivity contribution in [3.8, 4) is 11.8 Å². The van der Waals surface area contributed by atoms with Gasteiger partial charge in [-0.15, -0.1) is 0 Å². The van der Waals surface area contributed by atoms with Crippen LogP contribution in [0.4, 0.5) is 5.69 Å². The van der Waals surface area contributed by atoms with Crippen LogP contribution in [0.25, 0.3) is 0 Å². The summed E-state index contributed by atoms with van der Waals surface area (Å²) in [5.74, 6) is 0.949. The fourth-order valence-electron chi connectivity index (χ4n) is 3.47. The van der Waals surface area contributed by atoms with Gasteiger partial charge in [0.05, 0.1) is 23.8 Å². The highest BCUT2D eigenvalue weighted by molar-refractivity contribution is 7.91. The zero-order chi connectivity index (χ0) is 21.7. The Morgan fingerprint density at radius 2 is 1.80 bits per heavy atom. The molecule has 1 amide bonds. The number of rotatable bonds is 9. The standard InChI is InChI=1S/C23H26N2O4S/c1-17(18-5-6-18)25(20-9-11-21(29-2)12-10-20)23(26)19-7-13-22(14-8-19)30(27,28)16-4-3-15-24/h7-14,17-18H,3-6,16H2,1-2H3. The molecular weight excluding hydrogens is 400 g/mol. The molecule has 1 fully saturated rings. The van der Waals surface area contributed by atoms with E-state index in [2.05, 4.69) is 0 Å². The third-order valence-corrected chi connectivity index (χ3v) is 7.26. The molecule has 2 aromatic rings. The van der Waals surface area contributed by atoms with Crippen molar-refractivity contribution >= 4 is 21.4 Å². The molecule has 3 rings (SSSR count). The topological polar surface area (TPSA) is 87.5 Å². The molecule has 30 heavy (non-hydrogen) atoms. The molecule has 0 N–H and O–H groups in total. The third-order valence-electron chi connectivity index (χ3n) is 5.44. The quantitative estimate of drug-likeness (QED) is 0.560. The molecule has 1 aliphatic rings. The molecule has 0 aromatic heterocycles. The number of ether oxygens (including phenoxy) is 1. The van der Waals surface area contributed by atoms with Crippen molar-refractivity contribution < 1.29 is 17.9 Å². The maximum atomic E-state index is 13.4. The largest absolute Gasteiger partial charge is 0.497 e. The minimum atomic E-state index is -3.46. The summed E-state index contributed by atoms with van der Waals surface area (Å²) < 4.78 is 30.0. The number of sulfone groups is 1. The first-order valence-electron chi connectivity index (χ1n) is 10.0. The smallest absolute Gasteiger partial charge is 0.258 e. The number of nitrogens with zero attached hydrogens (tertiary/aromatic N) is 2. The number of amides is 1. The van der Waals surface area contributed by atoms with Gasteiger partial charge in [-0.25, -0.2) is 8.42 Å². The van der Waals surface area contributed by atoms with Crippen LogP contribution in [0.15, 0.2) is 53.4 Å². The maximum absolute atomic E-state index is 13.4. The number of carbonyl (C=O) groups excluding carboxylic acids is 1. The van der Waals surface area contributed by atoms with Crippen LogP contribution < -0.4 is 9.64 Å². The average molecular weight is 427 g/mol. The van der Waals surface area contributed by atoms with Gasteiger partial charge >= 0.3 is 0 Å². The number of benzene rings is 2. The molecule has 0 saturated heterocycles. The minimum absolute atomic E-state index is 0.0419. The molecule has 158 valence electrons. The Bertz CT molecular complexity index is 1020. The first-order chi connectivity index (χ1) is 14.4. The van der Waals surface area contributed by atoms with Crippen LogP contribution in [0, 0.1) is 17.2 Å². The zero-order valence-corrected chi connectivity index (χ0v) is 18.1. The molecule has 1 aliphatic carbocycles. The summed E-state index contributed by atoms with van der Waals surface area (Å²) >= 11 is 0. The molecule has 0 radical (unpaired) electrons. The van der Waals surface area contributed by atoms with E-state index in [0.717, 1.165) is 24.3 Å². The third kappa shape index (κ3) is 5.00. The molecule has 0 bridgehead atoms. The van der Waals surface area contributed by atoms with Gasteiger partial charge in [0.1, 0.15) is 5.75 Å². The summed E-state index contributed by atoms with van der Waals surface area (Å²) in [6.07, 6.45) is 2.69. The minimum Gasteiger partial charge on any atom is -0.497 e. The van der Waals surface area contributed by atoms with Crippen LogP contribution in [0.1, 0.15) is 43.0 Å². The predicted octanol–water partition coefficient (Wildman–Crippen LogP) is 4.22. The molecule has 0 heterocycles. The SMILES string of the molecule is COc1ccc(N(C(=O)c2ccc(S(=O)(=O)CCCC#N)cc2)C(C)C2CC2)cc1. The Morgan fingerprint density at radius 3 is 2.33 bits per heavy atom. The lowest BCUT2D eigenvalue weighted by Crippen LogP contribution is -2.40.